The van der Waals surface area contributed by atoms with Crippen LogP contribution in [0.2, 0.25) is 0 Å². The third-order valence-electron chi connectivity index (χ3n) is 3.70. The van der Waals surface area contributed by atoms with E-state index in [9.17, 15) is 19.5 Å². The van der Waals surface area contributed by atoms with Gasteiger partial charge in [0.2, 0.25) is 5.91 Å². The van der Waals surface area contributed by atoms with Gasteiger partial charge in [0.15, 0.2) is 6.61 Å². The predicted octanol–water partition coefficient (Wildman–Crippen LogP) is 1.48. The number of benzene rings is 2. The molecule has 0 aromatic heterocycles. The molecule has 2 aromatic rings. The van der Waals surface area contributed by atoms with Crippen molar-refractivity contribution in [3.8, 4) is 5.75 Å². The molecule has 0 aliphatic carbocycles. The molecule has 148 valence electrons. The summed E-state index contributed by atoms with van der Waals surface area (Å²) in [5.41, 5.74) is 1.57. The Labute approximate surface area is 161 Å². The van der Waals surface area contributed by atoms with E-state index in [1.54, 1.807) is 24.3 Å². The number of hydrogen-bond donors (Lipinski definition) is 3. The fourth-order valence-corrected chi connectivity index (χ4v) is 2.37. The molecule has 28 heavy (non-hydrogen) atoms. The normalized spacial score (nSPS) is 11.4. The highest BCUT2D eigenvalue weighted by Crippen LogP contribution is 2.13. The predicted molar refractivity (Wildman–Crippen MR) is 98.9 cm³/mol. The van der Waals surface area contributed by atoms with Crippen LogP contribution in [0.4, 0.5) is 0 Å². The zero-order valence-electron chi connectivity index (χ0n) is 15.0. The van der Waals surface area contributed by atoms with Crippen LogP contribution < -0.4 is 10.1 Å². The van der Waals surface area contributed by atoms with Gasteiger partial charge in [-0.2, -0.15) is 0 Å². The quantitative estimate of drug-likeness (QED) is 0.534. The van der Waals surface area contributed by atoms with Crippen molar-refractivity contribution in [2.24, 2.45) is 0 Å². The Morgan fingerprint density at radius 2 is 1.57 bits per heavy atom. The molecule has 1 unspecified atom stereocenters. The van der Waals surface area contributed by atoms with Gasteiger partial charge in [-0.15, -0.1) is 0 Å². The van der Waals surface area contributed by atoms with Crippen molar-refractivity contribution in [1.29, 1.82) is 0 Å². The minimum atomic E-state index is -1.16. The van der Waals surface area contributed by atoms with E-state index in [1.165, 1.54) is 0 Å². The van der Waals surface area contributed by atoms with Crippen molar-refractivity contribution in [2.45, 2.75) is 19.1 Å². The van der Waals surface area contributed by atoms with E-state index in [4.69, 9.17) is 14.6 Å². The van der Waals surface area contributed by atoms with Gasteiger partial charge in [0.1, 0.15) is 18.4 Å². The van der Waals surface area contributed by atoms with Gasteiger partial charge in [0, 0.05) is 6.42 Å². The lowest BCUT2D eigenvalue weighted by atomic mass is 10.1. The van der Waals surface area contributed by atoms with Gasteiger partial charge in [-0.05, 0) is 23.3 Å². The Kier molecular flexibility index (Phi) is 7.98. The minimum absolute atomic E-state index is 0.0684. The summed E-state index contributed by atoms with van der Waals surface area (Å²) >= 11 is 0. The number of hydrogen-bond acceptors (Lipinski definition) is 5. The van der Waals surface area contributed by atoms with E-state index < -0.39 is 30.5 Å². The van der Waals surface area contributed by atoms with Crippen molar-refractivity contribution >= 4 is 17.8 Å². The molecule has 1 amide bonds. The second-order valence-corrected chi connectivity index (χ2v) is 5.97. The van der Waals surface area contributed by atoms with Crippen LogP contribution >= 0.6 is 0 Å². The fourth-order valence-electron chi connectivity index (χ4n) is 2.37. The van der Waals surface area contributed by atoms with Crippen molar-refractivity contribution < 1.29 is 34.1 Å². The van der Waals surface area contributed by atoms with Crippen LogP contribution in [0.25, 0.3) is 0 Å². The van der Waals surface area contributed by atoms with Gasteiger partial charge >= 0.3 is 11.9 Å². The Bertz CT molecular complexity index is 790. The summed E-state index contributed by atoms with van der Waals surface area (Å²) in [4.78, 5) is 33.9. The number of carbonyl (C=O) groups excluding carboxylic acids is 1. The first kappa shape index (κ1) is 20.9. The molecule has 0 fully saturated rings. The maximum atomic E-state index is 12.0. The van der Waals surface area contributed by atoms with Crippen LogP contribution in [0.1, 0.15) is 11.1 Å². The highest BCUT2D eigenvalue weighted by molar-refractivity contribution is 5.84. The van der Waals surface area contributed by atoms with Gasteiger partial charge in [-0.25, -0.2) is 9.59 Å². The van der Waals surface area contributed by atoms with Crippen LogP contribution in [-0.4, -0.2) is 47.3 Å². The lowest BCUT2D eigenvalue weighted by molar-refractivity contribution is -0.142. The van der Waals surface area contributed by atoms with Crippen LogP contribution in [0.15, 0.2) is 54.6 Å². The summed E-state index contributed by atoms with van der Waals surface area (Å²) in [6, 6.07) is 14.5. The maximum absolute atomic E-state index is 12.0. The van der Waals surface area contributed by atoms with Crippen LogP contribution in [0.5, 0.6) is 5.75 Å². The second-order valence-electron chi connectivity index (χ2n) is 5.97. The molecule has 2 rings (SSSR count). The average Bonchev–Trinajstić information content (AvgIpc) is 2.67. The summed E-state index contributed by atoms with van der Waals surface area (Å²) in [7, 11) is 0. The monoisotopic (exact) mass is 387 g/mol. The Balaban J connectivity index is 1.82. The Morgan fingerprint density at radius 1 is 0.893 bits per heavy atom. The molecule has 8 nitrogen and oxygen atoms in total. The largest absolute Gasteiger partial charge is 0.482 e. The summed E-state index contributed by atoms with van der Waals surface area (Å²) in [5.74, 6) is -2.42. The van der Waals surface area contributed by atoms with Crippen molar-refractivity contribution in [3.63, 3.8) is 0 Å². The average molecular weight is 387 g/mol. The third kappa shape index (κ3) is 7.46. The van der Waals surface area contributed by atoms with Crippen molar-refractivity contribution in [1.82, 2.24) is 5.32 Å². The molecule has 0 spiro atoms. The molecule has 0 saturated heterocycles. The van der Waals surface area contributed by atoms with Gasteiger partial charge in [-0.1, -0.05) is 42.5 Å². The highest BCUT2D eigenvalue weighted by atomic mass is 16.5. The Morgan fingerprint density at radius 3 is 2.18 bits per heavy atom. The SMILES string of the molecule is O=C(O)COc1ccc(CC(NC(=O)COCc2ccccc2)C(=O)O)cc1. The highest BCUT2D eigenvalue weighted by Gasteiger charge is 2.20. The van der Waals surface area contributed by atoms with E-state index in [-0.39, 0.29) is 19.6 Å². The van der Waals surface area contributed by atoms with Gasteiger partial charge in [0.25, 0.3) is 0 Å². The maximum Gasteiger partial charge on any atom is 0.341 e. The number of ether oxygens (including phenoxy) is 2. The first-order chi connectivity index (χ1) is 13.4. The standard InChI is InChI=1S/C20H21NO7/c22-18(12-27-11-15-4-2-1-3-5-15)21-17(20(25)26)10-14-6-8-16(9-7-14)28-13-19(23)24/h1-9,17H,10-13H2,(H,21,22)(H,23,24)(H,25,26). The van der Waals surface area contributed by atoms with Crippen molar-refractivity contribution in [2.75, 3.05) is 13.2 Å². The molecule has 0 bridgehead atoms. The van der Waals surface area contributed by atoms with Crippen LogP contribution in [0.3, 0.4) is 0 Å². The van der Waals surface area contributed by atoms with Gasteiger partial charge in [0.05, 0.1) is 6.61 Å². The molecule has 0 aliphatic heterocycles. The number of carboxylic acid groups (broad SMARTS) is 2. The van der Waals surface area contributed by atoms with E-state index in [2.05, 4.69) is 5.32 Å². The molecule has 0 radical (unpaired) electrons. The van der Waals surface area contributed by atoms with Crippen LogP contribution in [0, 0.1) is 0 Å². The van der Waals surface area contributed by atoms with Crippen molar-refractivity contribution in [3.05, 3.63) is 65.7 Å². The smallest absolute Gasteiger partial charge is 0.341 e. The number of amides is 1. The third-order valence-corrected chi connectivity index (χ3v) is 3.70. The summed E-state index contributed by atoms with van der Waals surface area (Å²) in [5, 5.41) is 20.4. The number of carboxylic acids is 2. The number of rotatable bonds is 11. The number of aliphatic carboxylic acids is 2. The molecular weight excluding hydrogens is 366 g/mol. The van der Waals surface area contributed by atoms with E-state index >= 15 is 0 Å². The molecule has 2 aromatic carbocycles. The summed E-state index contributed by atoms with van der Waals surface area (Å²) in [6.07, 6.45) is 0.0684. The first-order valence-electron chi connectivity index (χ1n) is 8.51. The molecule has 8 heteroatoms. The van der Waals surface area contributed by atoms with E-state index in [0.717, 1.165) is 5.56 Å². The molecule has 0 saturated carbocycles. The molecule has 0 aliphatic rings. The van der Waals surface area contributed by atoms with Gasteiger partial charge < -0.3 is 25.0 Å². The van der Waals surface area contributed by atoms with Gasteiger partial charge in [-0.3, -0.25) is 4.79 Å². The topological polar surface area (TPSA) is 122 Å². The molecule has 1 atom stereocenters. The fraction of sp³-hybridized carbons (Fsp3) is 0.250. The summed E-state index contributed by atoms with van der Waals surface area (Å²) < 4.78 is 10.3. The zero-order valence-corrected chi connectivity index (χ0v) is 15.0. The zero-order chi connectivity index (χ0) is 20.4. The Hall–Kier alpha value is -3.39. The molecule has 3 N–H and O–H groups in total. The lowest BCUT2D eigenvalue weighted by Gasteiger charge is -2.15. The first-order valence-corrected chi connectivity index (χ1v) is 8.51. The van der Waals surface area contributed by atoms with Crippen LogP contribution in [-0.2, 0) is 32.1 Å². The van der Waals surface area contributed by atoms with E-state index in [1.807, 2.05) is 30.3 Å². The number of nitrogens with one attached hydrogen (secondary N) is 1. The van der Waals surface area contributed by atoms with E-state index in [0.29, 0.717) is 11.3 Å². The lowest BCUT2D eigenvalue weighted by Crippen LogP contribution is -2.43. The molecular formula is C20H21NO7. The summed E-state index contributed by atoms with van der Waals surface area (Å²) in [6.45, 7) is -0.458. The second kappa shape index (κ2) is 10.7. The minimum Gasteiger partial charge on any atom is -0.482 e. The number of carbonyl (C=O) groups is 3. The molecule has 0 heterocycles.